The molecule has 0 heterocycles. The van der Waals surface area contributed by atoms with Gasteiger partial charge in [0.1, 0.15) is 0 Å². The van der Waals surface area contributed by atoms with Crippen molar-refractivity contribution < 1.29 is 4.79 Å². The molecule has 104 valence electrons. The van der Waals surface area contributed by atoms with Crippen LogP contribution in [0, 0.1) is 11.3 Å². The molecule has 1 nitrogen and oxygen atoms in total. The Balaban J connectivity index is 2.48. The number of Topliss-reactive ketones (excluding diaryl/α,β-unsaturated/α-hetero) is 1. The zero-order valence-corrected chi connectivity index (χ0v) is 13.7. The molecule has 0 aliphatic heterocycles. The van der Waals surface area contributed by atoms with Gasteiger partial charge in [-0.2, -0.15) is 0 Å². The van der Waals surface area contributed by atoms with Crippen LogP contribution in [-0.4, -0.2) is 5.78 Å². The smallest absolute Gasteiger partial charge is 0.169 e. The van der Waals surface area contributed by atoms with Crippen LogP contribution in [0.15, 0.2) is 6.07 Å². The molecule has 19 heavy (non-hydrogen) atoms. The van der Waals surface area contributed by atoms with Crippen LogP contribution in [-0.2, 0) is 0 Å². The first-order chi connectivity index (χ1) is 8.75. The van der Waals surface area contributed by atoms with Gasteiger partial charge >= 0.3 is 0 Å². The van der Waals surface area contributed by atoms with E-state index in [0.29, 0.717) is 5.56 Å². The van der Waals surface area contributed by atoms with E-state index >= 15 is 0 Å². The van der Waals surface area contributed by atoms with Crippen LogP contribution >= 0.6 is 46.4 Å². The first-order valence-electron chi connectivity index (χ1n) is 6.13. The van der Waals surface area contributed by atoms with Crippen molar-refractivity contribution in [2.75, 3.05) is 0 Å². The maximum atomic E-state index is 12.7. The molecule has 5 heteroatoms. The third-order valence-electron chi connectivity index (χ3n) is 3.93. The summed E-state index contributed by atoms with van der Waals surface area (Å²) in [5.41, 5.74) is 0.272. The zero-order chi connectivity index (χ0) is 14.4. The summed E-state index contributed by atoms with van der Waals surface area (Å²) in [5, 5.41) is 0.879. The Morgan fingerprint density at radius 2 is 1.79 bits per heavy atom. The van der Waals surface area contributed by atoms with Gasteiger partial charge in [0.2, 0.25) is 0 Å². The first kappa shape index (κ1) is 15.4. The summed E-state index contributed by atoms with van der Waals surface area (Å²) >= 11 is 24.2. The van der Waals surface area contributed by atoms with Gasteiger partial charge < -0.3 is 0 Å². The first-order valence-corrected chi connectivity index (χ1v) is 7.64. The molecule has 0 N–H and O–H groups in total. The second-order valence-electron chi connectivity index (χ2n) is 5.64. The lowest BCUT2D eigenvalue weighted by Gasteiger charge is -2.26. The fourth-order valence-electron chi connectivity index (χ4n) is 2.78. The van der Waals surface area contributed by atoms with Crippen LogP contribution in [0.4, 0.5) is 0 Å². The third kappa shape index (κ3) is 2.76. The van der Waals surface area contributed by atoms with Crippen molar-refractivity contribution in [1.82, 2.24) is 0 Å². The summed E-state index contributed by atoms with van der Waals surface area (Å²) in [5.74, 6) is -0.101. The summed E-state index contributed by atoms with van der Waals surface area (Å²) in [4.78, 5) is 12.7. The lowest BCUT2D eigenvalue weighted by Crippen LogP contribution is -2.26. The van der Waals surface area contributed by atoms with Gasteiger partial charge in [-0.25, -0.2) is 0 Å². The molecule has 1 unspecified atom stereocenters. The molecule has 0 spiro atoms. The predicted octanol–water partition coefficient (Wildman–Crippen LogP) is 6.31. The highest BCUT2D eigenvalue weighted by Gasteiger charge is 2.41. The van der Waals surface area contributed by atoms with E-state index in [1.807, 2.05) is 0 Å². The summed E-state index contributed by atoms with van der Waals surface area (Å²) in [6.45, 7) is 4.20. The molecule has 1 fully saturated rings. The summed E-state index contributed by atoms with van der Waals surface area (Å²) in [7, 11) is 0. The normalized spacial score (nSPS) is 21.7. The van der Waals surface area contributed by atoms with E-state index in [2.05, 4.69) is 13.8 Å². The average molecular weight is 340 g/mol. The summed E-state index contributed by atoms with van der Waals surface area (Å²) in [6, 6.07) is 1.48. The monoisotopic (exact) mass is 338 g/mol. The number of ketones is 1. The quantitative estimate of drug-likeness (QED) is 0.350. The van der Waals surface area contributed by atoms with E-state index in [4.69, 9.17) is 46.4 Å². The molecule has 0 bridgehead atoms. The molecule has 1 saturated carbocycles. The summed E-state index contributed by atoms with van der Waals surface area (Å²) < 4.78 is 0. The number of hydrogen-bond acceptors (Lipinski definition) is 1. The largest absolute Gasteiger partial charge is 0.294 e. The lowest BCUT2D eigenvalue weighted by molar-refractivity contribution is 0.0839. The van der Waals surface area contributed by atoms with Crippen LogP contribution in [0.25, 0.3) is 0 Å². The SMILES string of the molecule is CC1(C)CCCC1C(=O)c1c(Cl)cc(Cl)c(Cl)c1Cl. The fourth-order valence-corrected chi connectivity index (χ4v) is 3.88. The number of carbonyl (C=O) groups is 1. The van der Waals surface area contributed by atoms with Crippen LogP contribution < -0.4 is 0 Å². The molecular formula is C14H14Cl4O. The Morgan fingerprint density at radius 3 is 2.32 bits per heavy atom. The van der Waals surface area contributed by atoms with Crippen LogP contribution in [0.1, 0.15) is 43.5 Å². The van der Waals surface area contributed by atoms with E-state index in [-0.39, 0.29) is 37.2 Å². The highest BCUT2D eigenvalue weighted by molar-refractivity contribution is 6.51. The Hall–Kier alpha value is 0.0500. The van der Waals surface area contributed by atoms with E-state index in [0.717, 1.165) is 19.3 Å². The van der Waals surface area contributed by atoms with Crippen molar-refractivity contribution in [2.45, 2.75) is 33.1 Å². The van der Waals surface area contributed by atoms with Crippen molar-refractivity contribution in [1.29, 1.82) is 0 Å². The Labute approximate surface area is 133 Å². The van der Waals surface area contributed by atoms with Gasteiger partial charge in [-0.1, -0.05) is 66.7 Å². The minimum Gasteiger partial charge on any atom is -0.294 e. The molecule has 0 aromatic heterocycles. The van der Waals surface area contributed by atoms with Crippen LogP contribution in [0.3, 0.4) is 0 Å². The van der Waals surface area contributed by atoms with Gasteiger partial charge in [-0.3, -0.25) is 4.79 Å². The van der Waals surface area contributed by atoms with Crippen LogP contribution in [0.5, 0.6) is 0 Å². The minimum absolute atomic E-state index is 0.0314. The van der Waals surface area contributed by atoms with Gasteiger partial charge in [0.15, 0.2) is 5.78 Å². The summed E-state index contributed by atoms with van der Waals surface area (Å²) in [6.07, 6.45) is 2.93. The number of benzene rings is 1. The average Bonchev–Trinajstić information content (AvgIpc) is 2.66. The molecule has 0 radical (unpaired) electrons. The number of hydrogen-bond donors (Lipinski definition) is 0. The molecule has 1 aliphatic rings. The molecule has 1 aromatic carbocycles. The Kier molecular flexibility index (Phi) is 4.42. The van der Waals surface area contributed by atoms with Crippen molar-refractivity contribution >= 4 is 52.2 Å². The predicted molar refractivity (Wildman–Crippen MR) is 81.9 cm³/mol. The maximum absolute atomic E-state index is 12.7. The molecule has 0 saturated heterocycles. The molecule has 2 rings (SSSR count). The second kappa shape index (κ2) is 5.44. The molecule has 1 aliphatic carbocycles. The maximum Gasteiger partial charge on any atom is 0.169 e. The van der Waals surface area contributed by atoms with Gasteiger partial charge in [-0.05, 0) is 24.3 Å². The topological polar surface area (TPSA) is 17.1 Å². The second-order valence-corrected chi connectivity index (χ2v) is 7.21. The van der Waals surface area contributed by atoms with Crippen molar-refractivity contribution in [2.24, 2.45) is 11.3 Å². The number of rotatable bonds is 2. The lowest BCUT2D eigenvalue weighted by atomic mass is 9.77. The standard InChI is InChI=1S/C14H14Cl4O/c1-14(2)5-3-4-7(14)13(19)10-8(15)6-9(16)11(17)12(10)18/h6-7H,3-5H2,1-2H3. The number of halogens is 4. The van der Waals surface area contributed by atoms with E-state index < -0.39 is 0 Å². The Bertz CT molecular complexity index is 537. The Morgan fingerprint density at radius 1 is 1.16 bits per heavy atom. The van der Waals surface area contributed by atoms with Gasteiger partial charge in [0.25, 0.3) is 0 Å². The fraction of sp³-hybridized carbons (Fsp3) is 0.500. The minimum atomic E-state index is -0.0697. The van der Waals surface area contributed by atoms with Crippen molar-refractivity contribution in [3.63, 3.8) is 0 Å². The van der Waals surface area contributed by atoms with E-state index in [1.165, 1.54) is 6.07 Å². The van der Waals surface area contributed by atoms with E-state index in [9.17, 15) is 4.79 Å². The van der Waals surface area contributed by atoms with Gasteiger partial charge in [-0.15, -0.1) is 0 Å². The molecular weight excluding hydrogens is 326 g/mol. The van der Waals surface area contributed by atoms with E-state index in [1.54, 1.807) is 0 Å². The molecule has 0 amide bonds. The highest BCUT2D eigenvalue weighted by atomic mass is 35.5. The number of carbonyl (C=O) groups excluding carboxylic acids is 1. The third-order valence-corrected chi connectivity index (χ3v) is 5.49. The van der Waals surface area contributed by atoms with Gasteiger partial charge in [0.05, 0.1) is 25.7 Å². The van der Waals surface area contributed by atoms with Crippen molar-refractivity contribution in [3.8, 4) is 0 Å². The van der Waals surface area contributed by atoms with Gasteiger partial charge in [0, 0.05) is 5.92 Å². The van der Waals surface area contributed by atoms with Crippen molar-refractivity contribution in [3.05, 3.63) is 31.7 Å². The van der Waals surface area contributed by atoms with Crippen LogP contribution in [0.2, 0.25) is 20.1 Å². The molecule has 1 atom stereocenters. The highest BCUT2D eigenvalue weighted by Crippen LogP contribution is 2.47. The zero-order valence-electron chi connectivity index (χ0n) is 10.7. The molecule has 1 aromatic rings.